The van der Waals surface area contributed by atoms with E-state index in [1.807, 2.05) is 0 Å². The summed E-state index contributed by atoms with van der Waals surface area (Å²) in [6.45, 7) is 0.697. The van der Waals surface area contributed by atoms with E-state index in [2.05, 4.69) is 0 Å². The molecular formula is C9H9FO2. The van der Waals surface area contributed by atoms with Crippen molar-refractivity contribution in [2.75, 3.05) is 6.61 Å². The maximum atomic E-state index is 12.7. The first-order chi connectivity index (χ1) is 5.77. The third kappa shape index (κ3) is 1.21. The Hall–Kier alpha value is -0.930. The molecule has 1 N–H and O–H groups in total. The summed E-state index contributed by atoms with van der Waals surface area (Å²) in [5.41, 5.74) is 1.52. The summed E-state index contributed by atoms with van der Waals surface area (Å²) in [5, 5.41) is 9.40. The summed E-state index contributed by atoms with van der Waals surface area (Å²) >= 11 is 0. The molecule has 0 saturated carbocycles. The van der Waals surface area contributed by atoms with Gasteiger partial charge in [0.25, 0.3) is 0 Å². The molecule has 2 rings (SSSR count). The molecule has 0 saturated heterocycles. The van der Waals surface area contributed by atoms with E-state index >= 15 is 0 Å². The van der Waals surface area contributed by atoms with Crippen molar-refractivity contribution < 1.29 is 14.2 Å². The highest BCUT2D eigenvalue weighted by Crippen LogP contribution is 2.24. The zero-order valence-corrected chi connectivity index (χ0v) is 6.46. The van der Waals surface area contributed by atoms with E-state index in [0.717, 1.165) is 11.1 Å². The topological polar surface area (TPSA) is 29.5 Å². The van der Waals surface area contributed by atoms with Crippen LogP contribution in [0.1, 0.15) is 17.2 Å². The molecule has 0 bridgehead atoms. The molecule has 1 heterocycles. The third-order valence-corrected chi connectivity index (χ3v) is 2.00. The summed E-state index contributed by atoms with van der Waals surface area (Å²) < 4.78 is 17.7. The number of ether oxygens (including phenoxy) is 1. The fraction of sp³-hybridized carbons (Fsp3) is 0.333. The minimum atomic E-state index is -0.602. The van der Waals surface area contributed by atoms with E-state index in [1.54, 1.807) is 6.07 Å². The smallest absolute Gasteiger partial charge is 0.123 e. The third-order valence-electron chi connectivity index (χ3n) is 2.00. The summed E-state index contributed by atoms with van der Waals surface area (Å²) in [4.78, 5) is 0. The van der Waals surface area contributed by atoms with Crippen LogP contribution < -0.4 is 0 Å². The highest BCUT2D eigenvalue weighted by molar-refractivity contribution is 5.30. The summed E-state index contributed by atoms with van der Waals surface area (Å²) in [6, 6.07) is 4.36. The van der Waals surface area contributed by atoms with Gasteiger partial charge in [-0.15, -0.1) is 0 Å². The zero-order valence-electron chi connectivity index (χ0n) is 6.46. The second kappa shape index (κ2) is 2.84. The van der Waals surface area contributed by atoms with Crippen molar-refractivity contribution in [2.24, 2.45) is 0 Å². The molecule has 0 fully saturated rings. The van der Waals surface area contributed by atoms with Crippen LogP contribution in [0.4, 0.5) is 4.39 Å². The minimum absolute atomic E-state index is 0.286. The number of aliphatic hydroxyl groups excluding tert-OH is 1. The van der Waals surface area contributed by atoms with Gasteiger partial charge >= 0.3 is 0 Å². The van der Waals surface area contributed by atoms with Crippen molar-refractivity contribution in [2.45, 2.75) is 12.7 Å². The first kappa shape index (κ1) is 7.71. The van der Waals surface area contributed by atoms with Crippen LogP contribution in [0.5, 0.6) is 0 Å². The molecule has 0 amide bonds. The lowest BCUT2D eigenvalue weighted by atomic mass is 10.0. The van der Waals surface area contributed by atoms with Crippen molar-refractivity contribution in [3.8, 4) is 0 Å². The Labute approximate surface area is 69.6 Å². The van der Waals surface area contributed by atoms with Crippen molar-refractivity contribution in [1.82, 2.24) is 0 Å². The molecule has 3 heteroatoms. The molecule has 1 aromatic carbocycles. The number of hydrogen-bond acceptors (Lipinski definition) is 2. The first-order valence-corrected chi connectivity index (χ1v) is 3.81. The molecule has 0 radical (unpaired) electrons. The van der Waals surface area contributed by atoms with Gasteiger partial charge in [0.2, 0.25) is 0 Å². The van der Waals surface area contributed by atoms with E-state index in [4.69, 9.17) is 4.74 Å². The van der Waals surface area contributed by atoms with Gasteiger partial charge in [-0.1, -0.05) is 6.07 Å². The lowest BCUT2D eigenvalue weighted by molar-refractivity contribution is 0.00962. The van der Waals surface area contributed by atoms with Gasteiger partial charge in [-0.25, -0.2) is 4.39 Å². The molecule has 64 valence electrons. The molecule has 1 unspecified atom stereocenters. The lowest BCUT2D eigenvalue weighted by Gasteiger charge is -2.21. The van der Waals surface area contributed by atoms with Crippen LogP contribution >= 0.6 is 0 Å². The van der Waals surface area contributed by atoms with Crippen LogP contribution in [-0.2, 0) is 11.3 Å². The number of benzene rings is 1. The van der Waals surface area contributed by atoms with Gasteiger partial charge in [0.05, 0.1) is 13.2 Å². The highest BCUT2D eigenvalue weighted by Gasteiger charge is 2.18. The maximum absolute atomic E-state index is 12.7. The molecule has 0 spiro atoms. The summed E-state index contributed by atoms with van der Waals surface area (Å²) in [5.74, 6) is -0.286. The van der Waals surface area contributed by atoms with Gasteiger partial charge in [0.15, 0.2) is 0 Å². The Bertz CT molecular complexity index is 299. The Morgan fingerprint density at radius 3 is 3.17 bits per heavy atom. The molecule has 2 nitrogen and oxygen atoms in total. The predicted octanol–water partition coefficient (Wildman–Crippen LogP) is 1.39. The zero-order chi connectivity index (χ0) is 8.55. The van der Waals surface area contributed by atoms with Gasteiger partial charge in [-0.2, -0.15) is 0 Å². The second-order valence-electron chi connectivity index (χ2n) is 2.87. The van der Waals surface area contributed by atoms with E-state index in [9.17, 15) is 9.50 Å². The number of rotatable bonds is 0. The van der Waals surface area contributed by atoms with Gasteiger partial charge in [0, 0.05) is 0 Å². The second-order valence-corrected chi connectivity index (χ2v) is 2.87. The SMILES string of the molecule is OC1COCc2cc(F)ccc21. The Balaban J connectivity index is 2.46. The fourth-order valence-corrected chi connectivity index (χ4v) is 1.39. The monoisotopic (exact) mass is 168 g/mol. The highest BCUT2D eigenvalue weighted by atomic mass is 19.1. The average Bonchev–Trinajstić information content (AvgIpc) is 2.04. The number of halogens is 1. The van der Waals surface area contributed by atoms with Gasteiger partial charge in [-0.3, -0.25) is 0 Å². The van der Waals surface area contributed by atoms with E-state index < -0.39 is 6.10 Å². The molecule has 0 aromatic heterocycles. The van der Waals surface area contributed by atoms with Crippen LogP contribution in [0.2, 0.25) is 0 Å². The average molecular weight is 168 g/mol. The van der Waals surface area contributed by atoms with Crippen molar-refractivity contribution in [3.63, 3.8) is 0 Å². The first-order valence-electron chi connectivity index (χ1n) is 3.81. The van der Waals surface area contributed by atoms with E-state index in [0.29, 0.717) is 13.2 Å². The van der Waals surface area contributed by atoms with Crippen molar-refractivity contribution in [1.29, 1.82) is 0 Å². The molecular weight excluding hydrogens is 159 g/mol. The van der Waals surface area contributed by atoms with Crippen molar-refractivity contribution >= 4 is 0 Å². The normalized spacial score (nSPS) is 22.0. The Kier molecular flexibility index (Phi) is 1.83. The van der Waals surface area contributed by atoms with Crippen LogP contribution in [0.3, 0.4) is 0 Å². The number of fused-ring (bicyclic) bond motifs is 1. The summed E-state index contributed by atoms with van der Waals surface area (Å²) in [7, 11) is 0. The number of hydrogen-bond donors (Lipinski definition) is 1. The van der Waals surface area contributed by atoms with Crippen molar-refractivity contribution in [3.05, 3.63) is 35.1 Å². The van der Waals surface area contributed by atoms with Gasteiger partial charge in [0.1, 0.15) is 11.9 Å². The summed E-state index contributed by atoms with van der Waals surface area (Å²) in [6.07, 6.45) is -0.602. The molecule has 12 heavy (non-hydrogen) atoms. The number of aliphatic hydroxyl groups is 1. The van der Waals surface area contributed by atoms with Crippen LogP contribution in [0.15, 0.2) is 18.2 Å². The molecule has 1 aliphatic heterocycles. The van der Waals surface area contributed by atoms with Crippen LogP contribution in [0.25, 0.3) is 0 Å². The van der Waals surface area contributed by atoms with Crippen LogP contribution in [-0.4, -0.2) is 11.7 Å². The maximum Gasteiger partial charge on any atom is 0.123 e. The Morgan fingerprint density at radius 1 is 1.50 bits per heavy atom. The Morgan fingerprint density at radius 2 is 2.33 bits per heavy atom. The lowest BCUT2D eigenvalue weighted by Crippen LogP contribution is -2.16. The standard InChI is InChI=1S/C9H9FO2/c10-7-1-2-8-6(3-7)4-12-5-9(8)11/h1-3,9,11H,4-5H2. The van der Waals surface area contributed by atoms with E-state index in [-0.39, 0.29) is 5.82 Å². The van der Waals surface area contributed by atoms with Gasteiger partial charge < -0.3 is 9.84 Å². The van der Waals surface area contributed by atoms with Crippen LogP contribution in [0, 0.1) is 5.82 Å². The quantitative estimate of drug-likeness (QED) is 0.634. The largest absolute Gasteiger partial charge is 0.386 e. The molecule has 0 aliphatic carbocycles. The van der Waals surface area contributed by atoms with E-state index in [1.165, 1.54) is 12.1 Å². The molecule has 1 aliphatic rings. The molecule has 1 aromatic rings. The molecule has 1 atom stereocenters. The predicted molar refractivity (Wildman–Crippen MR) is 41.0 cm³/mol. The minimum Gasteiger partial charge on any atom is -0.386 e. The van der Waals surface area contributed by atoms with Gasteiger partial charge in [-0.05, 0) is 23.3 Å². The fourth-order valence-electron chi connectivity index (χ4n) is 1.39.